The predicted molar refractivity (Wildman–Crippen MR) is 102 cm³/mol. The average Bonchev–Trinajstić information content (AvgIpc) is 2.97. The second-order valence-electron chi connectivity index (χ2n) is 6.79. The molecule has 0 saturated carbocycles. The Morgan fingerprint density at radius 3 is 2.76 bits per heavy atom. The standard InChI is InChI=1S/C20H19N3O6/c1-10-9-13-14(17(25)23(10)7-8-24)20(15(16(21)29-13)18(26)28-2)11-5-3-4-6-12(11)22-19(20)27/h3-6,9,24H,7-8,21H2,1-2H3,(H,22,27). The summed E-state index contributed by atoms with van der Waals surface area (Å²) in [6, 6.07) is 8.30. The monoisotopic (exact) mass is 397 g/mol. The molecule has 4 N–H and O–H groups in total. The van der Waals surface area contributed by atoms with Gasteiger partial charge in [-0.1, -0.05) is 18.2 Å². The van der Waals surface area contributed by atoms with E-state index in [1.807, 2.05) is 0 Å². The fourth-order valence-electron chi connectivity index (χ4n) is 4.13. The number of carbonyl (C=O) groups excluding carboxylic acids is 2. The van der Waals surface area contributed by atoms with Crippen molar-refractivity contribution in [1.82, 2.24) is 4.57 Å². The summed E-state index contributed by atoms with van der Waals surface area (Å²) in [7, 11) is 1.16. The number of amides is 1. The number of carbonyl (C=O) groups is 2. The van der Waals surface area contributed by atoms with Crippen LogP contribution >= 0.6 is 0 Å². The number of pyridine rings is 1. The Kier molecular flexibility index (Phi) is 4.20. The highest BCUT2D eigenvalue weighted by Crippen LogP contribution is 2.52. The zero-order chi connectivity index (χ0) is 20.9. The summed E-state index contributed by atoms with van der Waals surface area (Å²) in [5.74, 6) is -1.72. The van der Waals surface area contributed by atoms with Crippen molar-refractivity contribution in [3.63, 3.8) is 0 Å². The quantitative estimate of drug-likeness (QED) is 0.627. The molecule has 3 heterocycles. The van der Waals surface area contributed by atoms with E-state index in [9.17, 15) is 19.5 Å². The SMILES string of the molecule is COC(=O)C1=C(N)Oc2cc(C)n(CCO)c(=O)c2C12C(=O)Nc1ccccc12. The van der Waals surface area contributed by atoms with Crippen LogP contribution in [0.3, 0.4) is 0 Å². The molecule has 0 aliphatic carbocycles. The first-order valence-corrected chi connectivity index (χ1v) is 8.91. The lowest BCUT2D eigenvalue weighted by Gasteiger charge is -2.35. The first-order valence-electron chi connectivity index (χ1n) is 8.91. The van der Waals surface area contributed by atoms with Gasteiger partial charge in [0, 0.05) is 29.6 Å². The highest BCUT2D eigenvalue weighted by molar-refractivity contribution is 6.17. The maximum Gasteiger partial charge on any atom is 0.340 e. The minimum absolute atomic E-state index is 0.0179. The number of rotatable bonds is 3. The van der Waals surface area contributed by atoms with Crippen LogP contribution in [-0.4, -0.2) is 35.3 Å². The number of ether oxygens (including phenoxy) is 2. The second kappa shape index (κ2) is 6.49. The van der Waals surface area contributed by atoms with Gasteiger partial charge in [0.25, 0.3) is 5.56 Å². The molecule has 9 heteroatoms. The Labute approximate surface area is 165 Å². The summed E-state index contributed by atoms with van der Waals surface area (Å²) in [4.78, 5) is 39.6. The molecule has 0 fully saturated rings. The summed E-state index contributed by atoms with van der Waals surface area (Å²) in [6.45, 7) is 1.41. The molecule has 4 rings (SSSR count). The zero-order valence-electron chi connectivity index (χ0n) is 15.8. The van der Waals surface area contributed by atoms with Gasteiger partial charge >= 0.3 is 5.97 Å². The van der Waals surface area contributed by atoms with E-state index < -0.39 is 22.9 Å². The normalized spacial score (nSPS) is 19.5. The summed E-state index contributed by atoms with van der Waals surface area (Å²) in [5, 5.41) is 12.1. The molecule has 2 aliphatic rings. The lowest BCUT2D eigenvalue weighted by atomic mass is 9.68. The Bertz CT molecular complexity index is 1150. The fourth-order valence-corrected chi connectivity index (χ4v) is 4.13. The number of nitrogens with one attached hydrogen (secondary N) is 1. The van der Waals surface area contributed by atoms with Gasteiger partial charge in [0.15, 0.2) is 0 Å². The number of fused-ring (bicyclic) bond motifs is 4. The number of hydrogen-bond acceptors (Lipinski definition) is 7. The van der Waals surface area contributed by atoms with Crippen LogP contribution in [0.4, 0.5) is 5.69 Å². The Morgan fingerprint density at radius 2 is 2.07 bits per heavy atom. The number of esters is 1. The number of nitrogens with two attached hydrogens (primary N) is 1. The molecule has 2 aromatic rings. The van der Waals surface area contributed by atoms with Gasteiger partial charge in [0.2, 0.25) is 11.8 Å². The van der Waals surface area contributed by atoms with Crippen molar-refractivity contribution in [2.75, 3.05) is 19.0 Å². The largest absolute Gasteiger partial charge is 0.465 e. The fraction of sp³-hybridized carbons (Fsp3) is 0.250. The van der Waals surface area contributed by atoms with Crippen molar-refractivity contribution in [3.8, 4) is 5.75 Å². The maximum atomic E-state index is 13.5. The number of methoxy groups -OCH3 is 1. The Hall–Kier alpha value is -3.59. The van der Waals surface area contributed by atoms with E-state index in [0.717, 1.165) is 7.11 Å². The summed E-state index contributed by atoms with van der Waals surface area (Å²) in [6.07, 6.45) is 0. The van der Waals surface area contributed by atoms with E-state index in [0.29, 0.717) is 16.9 Å². The third-order valence-corrected chi connectivity index (χ3v) is 5.32. The van der Waals surface area contributed by atoms with Gasteiger partial charge in [-0.05, 0) is 13.0 Å². The Morgan fingerprint density at radius 1 is 1.34 bits per heavy atom. The molecule has 1 aromatic heterocycles. The molecular weight excluding hydrogens is 378 g/mol. The van der Waals surface area contributed by atoms with Gasteiger partial charge in [-0.15, -0.1) is 0 Å². The third-order valence-electron chi connectivity index (χ3n) is 5.32. The number of aryl methyl sites for hydroxylation is 1. The van der Waals surface area contributed by atoms with Crippen molar-refractivity contribution in [1.29, 1.82) is 0 Å². The van der Waals surface area contributed by atoms with E-state index in [4.69, 9.17) is 15.2 Å². The highest BCUT2D eigenvalue weighted by Gasteiger charge is 2.60. The first kappa shape index (κ1) is 18.8. The molecule has 1 spiro atoms. The summed E-state index contributed by atoms with van der Waals surface area (Å²) in [5.41, 5.74) is 4.74. The van der Waals surface area contributed by atoms with E-state index in [1.54, 1.807) is 37.3 Å². The van der Waals surface area contributed by atoms with Gasteiger partial charge in [0.05, 0.1) is 19.3 Å². The average molecular weight is 397 g/mol. The van der Waals surface area contributed by atoms with Gasteiger partial charge in [-0.3, -0.25) is 9.59 Å². The van der Waals surface area contributed by atoms with E-state index >= 15 is 0 Å². The molecule has 1 atom stereocenters. The van der Waals surface area contributed by atoms with Crippen LogP contribution < -0.4 is 21.3 Å². The van der Waals surface area contributed by atoms with Crippen LogP contribution in [0.1, 0.15) is 16.8 Å². The third kappa shape index (κ3) is 2.34. The second-order valence-corrected chi connectivity index (χ2v) is 6.79. The zero-order valence-corrected chi connectivity index (χ0v) is 15.8. The molecule has 1 aromatic carbocycles. The number of para-hydroxylation sites is 1. The number of aromatic nitrogens is 1. The summed E-state index contributed by atoms with van der Waals surface area (Å²) < 4.78 is 11.8. The molecule has 1 amide bonds. The molecule has 0 bridgehead atoms. The highest BCUT2D eigenvalue weighted by atomic mass is 16.5. The number of anilines is 1. The smallest absolute Gasteiger partial charge is 0.340 e. The molecule has 0 saturated heterocycles. The lowest BCUT2D eigenvalue weighted by molar-refractivity contribution is -0.138. The van der Waals surface area contributed by atoms with Gasteiger partial charge in [-0.25, -0.2) is 4.79 Å². The van der Waals surface area contributed by atoms with Crippen molar-refractivity contribution >= 4 is 17.6 Å². The molecular formula is C20H19N3O6. The van der Waals surface area contributed by atoms with E-state index in [1.165, 1.54) is 4.57 Å². The van der Waals surface area contributed by atoms with Crippen molar-refractivity contribution < 1.29 is 24.2 Å². The molecule has 29 heavy (non-hydrogen) atoms. The number of benzene rings is 1. The van der Waals surface area contributed by atoms with Crippen LogP contribution in [0.25, 0.3) is 0 Å². The van der Waals surface area contributed by atoms with E-state index in [2.05, 4.69) is 5.32 Å². The lowest BCUT2D eigenvalue weighted by Crippen LogP contribution is -2.50. The van der Waals surface area contributed by atoms with Crippen LogP contribution in [-0.2, 0) is 26.3 Å². The molecule has 1 unspecified atom stereocenters. The molecule has 9 nitrogen and oxygen atoms in total. The molecule has 0 radical (unpaired) electrons. The molecule has 150 valence electrons. The molecule has 2 aliphatic heterocycles. The number of aliphatic hydroxyl groups is 1. The van der Waals surface area contributed by atoms with Gasteiger partial charge in [0.1, 0.15) is 16.7 Å². The first-order chi connectivity index (χ1) is 13.9. The Balaban J connectivity index is 2.19. The van der Waals surface area contributed by atoms with Crippen molar-refractivity contribution in [3.05, 3.63) is 69.0 Å². The van der Waals surface area contributed by atoms with E-state index in [-0.39, 0.29) is 35.9 Å². The van der Waals surface area contributed by atoms with Gasteiger partial charge in [-0.2, -0.15) is 0 Å². The maximum absolute atomic E-state index is 13.5. The predicted octanol–water partition coefficient (Wildman–Crippen LogP) is 0.123. The van der Waals surface area contributed by atoms with Gasteiger partial charge < -0.3 is 30.2 Å². The number of aliphatic hydroxyl groups excluding tert-OH is 1. The topological polar surface area (TPSA) is 133 Å². The minimum Gasteiger partial charge on any atom is -0.465 e. The minimum atomic E-state index is -1.83. The van der Waals surface area contributed by atoms with Crippen LogP contribution in [0, 0.1) is 6.92 Å². The van der Waals surface area contributed by atoms with Crippen molar-refractivity contribution in [2.45, 2.75) is 18.9 Å². The van der Waals surface area contributed by atoms with Crippen molar-refractivity contribution in [2.24, 2.45) is 5.73 Å². The van der Waals surface area contributed by atoms with Crippen LogP contribution in [0.5, 0.6) is 5.75 Å². The number of hydrogen-bond donors (Lipinski definition) is 3. The van der Waals surface area contributed by atoms with Crippen LogP contribution in [0.15, 0.2) is 46.6 Å². The summed E-state index contributed by atoms with van der Waals surface area (Å²) >= 11 is 0. The number of nitrogens with zero attached hydrogens (tertiary/aromatic N) is 1. The van der Waals surface area contributed by atoms with Crippen LogP contribution in [0.2, 0.25) is 0 Å².